The van der Waals surface area contributed by atoms with Crippen molar-refractivity contribution in [2.75, 3.05) is 13.1 Å². The van der Waals surface area contributed by atoms with E-state index >= 15 is 0 Å². The van der Waals surface area contributed by atoms with E-state index in [0.29, 0.717) is 6.42 Å². The van der Waals surface area contributed by atoms with Crippen molar-refractivity contribution in [1.82, 2.24) is 10.0 Å². The Morgan fingerprint density at radius 1 is 0.750 bits per heavy atom. The molecule has 0 unspecified atom stereocenters. The molecule has 0 radical (unpaired) electrons. The highest BCUT2D eigenvalue weighted by Crippen LogP contribution is 2.33. The van der Waals surface area contributed by atoms with Crippen LogP contribution in [0.3, 0.4) is 0 Å². The summed E-state index contributed by atoms with van der Waals surface area (Å²) in [7, 11) is -4.20. The number of hydrogen-bond donors (Lipinski definition) is 2. The number of alkyl halides is 3. The molecule has 0 aliphatic carbocycles. The van der Waals surface area contributed by atoms with E-state index in [9.17, 15) is 21.6 Å². The average molecular weight is 465 g/mol. The zero-order valence-electron chi connectivity index (χ0n) is 17.7. The molecule has 3 aromatic rings. The fraction of sp³-hybridized carbons (Fsp3) is 0.333. The van der Waals surface area contributed by atoms with Gasteiger partial charge >= 0.3 is 6.18 Å². The number of hydrogen-bond acceptors (Lipinski definition) is 3. The van der Waals surface area contributed by atoms with Crippen molar-refractivity contribution < 1.29 is 21.6 Å². The van der Waals surface area contributed by atoms with Gasteiger partial charge < -0.3 is 5.32 Å². The SMILES string of the molecule is O=S(=O)(NCCCCCCNCc1ccc2ccccc2c1)c1ccccc1C(F)(F)F. The van der Waals surface area contributed by atoms with Crippen molar-refractivity contribution in [3.63, 3.8) is 0 Å². The normalized spacial score (nSPS) is 12.3. The molecule has 0 fully saturated rings. The van der Waals surface area contributed by atoms with Gasteiger partial charge in [-0.15, -0.1) is 0 Å². The molecule has 0 aromatic heterocycles. The topological polar surface area (TPSA) is 58.2 Å². The lowest BCUT2D eigenvalue weighted by Gasteiger charge is -2.13. The Balaban J connectivity index is 1.33. The second kappa shape index (κ2) is 10.9. The zero-order valence-corrected chi connectivity index (χ0v) is 18.5. The van der Waals surface area contributed by atoms with Crippen LogP contribution in [0, 0.1) is 0 Å². The van der Waals surface area contributed by atoms with Crippen LogP contribution in [0.1, 0.15) is 36.8 Å². The average Bonchev–Trinajstić information content (AvgIpc) is 2.77. The van der Waals surface area contributed by atoms with Crippen molar-refractivity contribution in [3.8, 4) is 0 Å². The van der Waals surface area contributed by atoms with Gasteiger partial charge in [-0.2, -0.15) is 13.2 Å². The van der Waals surface area contributed by atoms with Crippen molar-refractivity contribution >= 4 is 20.8 Å². The number of halogens is 3. The van der Waals surface area contributed by atoms with Gasteiger partial charge in [0.05, 0.1) is 10.5 Å². The third kappa shape index (κ3) is 6.79. The molecule has 3 aromatic carbocycles. The Bertz CT molecular complexity index is 1130. The molecule has 2 N–H and O–H groups in total. The van der Waals surface area contributed by atoms with Crippen LogP contribution in [0.15, 0.2) is 71.6 Å². The second-order valence-corrected chi connectivity index (χ2v) is 9.40. The molecule has 8 heteroatoms. The standard InChI is InChI=1S/C24H27F3N2O2S/c25-24(26,27)22-11-5-6-12-23(22)32(30,31)29-16-8-2-1-7-15-28-18-19-13-14-20-9-3-4-10-21(20)17-19/h3-6,9-14,17,28-29H,1-2,7-8,15-16,18H2. The third-order valence-corrected chi connectivity index (χ3v) is 6.72. The first-order valence-corrected chi connectivity index (χ1v) is 12.1. The van der Waals surface area contributed by atoms with E-state index in [1.807, 2.05) is 12.1 Å². The maximum Gasteiger partial charge on any atom is 0.417 e. The van der Waals surface area contributed by atoms with Gasteiger partial charge in [-0.3, -0.25) is 0 Å². The largest absolute Gasteiger partial charge is 0.417 e. The lowest BCUT2D eigenvalue weighted by molar-refractivity contribution is -0.139. The van der Waals surface area contributed by atoms with E-state index in [2.05, 4.69) is 40.4 Å². The summed E-state index contributed by atoms with van der Waals surface area (Å²) in [6.07, 6.45) is -1.51. The Labute approximate surface area is 186 Å². The molecule has 0 bridgehead atoms. The Morgan fingerprint density at radius 2 is 1.41 bits per heavy atom. The minimum absolute atomic E-state index is 0.110. The highest BCUT2D eigenvalue weighted by Gasteiger charge is 2.36. The molecule has 0 saturated heterocycles. The third-order valence-electron chi connectivity index (χ3n) is 5.20. The lowest BCUT2D eigenvalue weighted by Crippen LogP contribution is -2.27. The van der Waals surface area contributed by atoms with Crippen molar-refractivity contribution in [3.05, 3.63) is 77.9 Å². The van der Waals surface area contributed by atoms with Gasteiger partial charge in [-0.1, -0.05) is 61.4 Å². The molecule has 0 aliphatic rings. The molecule has 0 spiro atoms. The number of rotatable bonds is 11. The first-order chi connectivity index (χ1) is 15.3. The maximum absolute atomic E-state index is 13.0. The van der Waals surface area contributed by atoms with Crippen LogP contribution < -0.4 is 10.0 Å². The van der Waals surface area contributed by atoms with E-state index < -0.39 is 26.7 Å². The van der Waals surface area contributed by atoms with Gasteiger partial charge in [0.2, 0.25) is 10.0 Å². The second-order valence-electron chi connectivity index (χ2n) is 7.66. The van der Waals surface area contributed by atoms with Gasteiger partial charge in [0.15, 0.2) is 0 Å². The van der Waals surface area contributed by atoms with Gasteiger partial charge in [0.25, 0.3) is 0 Å². The van der Waals surface area contributed by atoms with E-state index in [1.165, 1.54) is 28.5 Å². The molecule has 0 atom stereocenters. The summed E-state index contributed by atoms with van der Waals surface area (Å²) in [6, 6.07) is 18.8. The Hall–Kier alpha value is -2.42. The van der Waals surface area contributed by atoms with Crippen molar-refractivity contribution in [2.45, 2.75) is 43.3 Å². The van der Waals surface area contributed by atoms with Crippen molar-refractivity contribution in [2.24, 2.45) is 0 Å². The number of unbranched alkanes of at least 4 members (excludes halogenated alkanes) is 3. The van der Waals surface area contributed by atoms with E-state index in [0.717, 1.165) is 44.5 Å². The number of fused-ring (bicyclic) bond motifs is 1. The molecule has 172 valence electrons. The molecule has 4 nitrogen and oxygen atoms in total. The molecule has 0 saturated carbocycles. The monoisotopic (exact) mass is 464 g/mol. The molecule has 0 heterocycles. The minimum Gasteiger partial charge on any atom is -0.313 e. The summed E-state index contributed by atoms with van der Waals surface area (Å²) < 4.78 is 66.0. The lowest BCUT2D eigenvalue weighted by atomic mass is 10.1. The van der Waals surface area contributed by atoms with Gasteiger partial charge in [0.1, 0.15) is 0 Å². The molecular formula is C24H27F3N2O2S. The van der Waals surface area contributed by atoms with Gasteiger partial charge in [0, 0.05) is 13.1 Å². The quantitative estimate of drug-likeness (QED) is 0.369. The maximum atomic E-state index is 13.0. The summed E-state index contributed by atoms with van der Waals surface area (Å²) in [4.78, 5) is -0.731. The van der Waals surface area contributed by atoms with Crippen LogP contribution in [0.4, 0.5) is 13.2 Å². The van der Waals surface area contributed by atoms with E-state index in [4.69, 9.17) is 0 Å². The van der Waals surface area contributed by atoms with Crippen molar-refractivity contribution in [1.29, 1.82) is 0 Å². The molecule has 0 amide bonds. The summed E-state index contributed by atoms with van der Waals surface area (Å²) >= 11 is 0. The molecule has 32 heavy (non-hydrogen) atoms. The highest BCUT2D eigenvalue weighted by molar-refractivity contribution is 7.89. The predicted molar refractivity (Wildman–Crippen MR) is 121 cm³/mol. The Kier molecular flexibility index (Phi) is 8.28. The van der Waals surface area contributed by atoms with Crippen LogP contribution in [-0.2, 0) is 22.7 Å². The fourth-order valence-electron chi connectivity index (χ4n) is 3.53. The highest BCUT2D eigenvalue weighted by atomic mass is 32.2. The summed E-state index contributed by atoms with van der Waals surface area (Å²) in [6.45, 7) is 1.74. The first kappa shape index (κ1) is 24.2. The van der Waals surface area contributed by atoms with Gasteiger partial charge in [-0.25, -0.2) is 13.1 Å². The summed E-state index contributed by atoms with van der Waals surface area (Å²) in [5.41, 5.74) is 0.0715. The fourth-order valence-corrected chi connectivity index (χ4v) is 4.83. The van der Waals surface area contributed by atoms with E-state index in [-0.39, 0.29) is 6.54 Å². The molecular weight excluding hydrogens is 437 g/mol. The van der Waals surface area contributed by atoms with E-state index in [1.54, 1.807) is 0 Å². The molecule has 0 aliphatic heterocycles. The summed E-state index contributed by atoms with van der Waals surface area (Å²) in [5, 5.41) is 5.84. The van der Waals surface area contributed by atoms with Crippen LogP contribution in [0.25, 0.3) is 10.8 Å². The first-order valence-electron chi connectivity index (χ1n) is 10.6. The number of benzene rings is 3. The zero-order chi connectivity index (χ0) is 23.0. The number of sulfonamides is 1. The van der Waals surface area contributed by atoms with Crippen LogP contribution >= 0.6 is 0 Å². The number of nitrogens with one attached hydrogen (secondary N) is 2. The van der Waals surface area contributed by atoms with Crippen LogP contribution in [0.2, 0.25) is 0 Å². The minimum atomic E-state index is -4.72. The summed E-state index contributed by atoms with van der Waals surface area (Å²) in [5.74, 6) is 0. The predicted octanol–water partition coefficient (Wildman–Crippen LogP) is 5.49. The smallest absolute Gasteiger partial charge is 0.313 e. The van der Waals surface area contributed by atoms with Crippen LogP contribution in [0.5, 0.6) is 0 Å². The van der Waals surface area contributed by atoms with Crippen LogP contribution in [-0.4, -0.2) is 21.5 Å². The van der Waals surface area contributed by atoms with Gasteiger partial charge in [-0.05, 0) is 53.9 Å². The molecule has 3 rings (SSSR count). The Morgan fingerprint density at radius 3 is 2.16 bits per heavy atom.